The number of anilines is 2. The van der Waals surface area contributed by atoms with Crippen LogP contribution in [0, 0.1) is 0 Å². The molecule has 0 radical (unpaired) electrons. The van der Waals surface area contributed by atoms with Crippen molar-refractivity contribution < 1.29 is 9.59 Å². The van der Waals surface area contributed by atoms with Gasteiger partial charge in [0.05, 0.1) is 11.4 Å². The summed E-state index contributed by atoms with van der Waals surface area (Å²) < 4.78 is 0. The normalized spacial score (nSPS) is 19.1. The smallest absolute Gasteiger partial charge is 0.248 e. The van der Waals surface area contributed by atoms with Gasteiger partial charge in [-0.3, -0.25) is 9.59 Å². The van der Waals surface area contributed by atoms with Gasteiger partial charge in [-0.15, -0.1) is 0 Å². The number of nitrogens with zero attached hydrogens (tertiary/aromatic N) is 1. The summed E-state index contributed by atoms with van der Waals surface area (Å²) >= 11 is 0. The molecule has 1 aromatic carbocycles. The van der Waals surface area contributed by atoms with Crippen LogP contribution in [-0.2, 0) is 4.79 Å². The number of benzene rings is 1. The number of carbonyl (C=O) groups excluding carboxylic acids is 2. The molecule has 2 rings (SSSR count). The van der Waals surface area contributed by atoms with Gasteiger partial charge in [-0.25, -0.2) is 0 Å². The number of nitrogens with one attached hydrogen (secondary N) is 1. The van der Waals surface area contributed by atoms with Gasteiger partial charge < -0.3 is 21.7 Å². The standard InChI is InChI=1S/C13H18N4O2/c1-2-10-13(19)16-5-6-17(10)11-7-8(12(15)18)3-4-9(11)14/h3-4,7,10H,2,5-6,14H2,1H3,(H2,15,18)(H,16,19). The molecule has 1 aliphatic rings. The molecule has 0 spiro atoms. The molecule has 0 aliphatic carbocycles. The van der Waals surface area contributed by atoms with E-state index < -0.39 is 5.91 Å². The van der Waals surface area contributed by atoms with E-state index in [-0.39, 0.29) is 11.9 Å². The van der Waals surface area contributed by atoms with Crippen molar-refractivity contribution in [3.8, 4) is 0 Å². The second-order valence-corrected chi connectivity index (χ2v) is 4.55. The zero-order valence-corrected chi connectivity index (χ0v) is 10.8. The number of hydrogen-bond acceptors (Lipinski definition) is 4. The molecule has 6 nitrogen and oxygen atoms in total. The van der Waals surface area contributed by atoms with Crippen LogP contribution in [0.1, 0.15) is 23.7 Å². The van der Waals surface area contributed by atoms with E-state index in [1.807, 2.05) is 11.8 Å². The maximum atomic E-state index is 11.9. The molecule has 1 unspecified atom stereocenters. The van der Waals surface area contributed by atoms with Crippen molar-refractivity contribution >= 4 is 23.2 Å². The number of piperazine rings is 1. The molecule has 19 heavy (non-hydrogen) atoms. The lowest BCUT2D eigenvalue weighted by Crippen LogP contribution is -2.55. The first-order valence-electron chi connectivity index (χ1n) is 6.28. The van der Waals surface area contributed by atoms with Gasteiger partial charge in [0.25, 0.3) is 0 Å². The fourth-order valence-electron chi connectivity index (χ4n) is 2.35. The molecule has 0 saturated carbocycles. The number of hydrogen-bond donors (Lipinski definition) is 3. The zero-order chi connectivity index (χ0) is 14.0. The van der Waals surface area contributed by atoms with Crippen molar-refractivity contribution in [3.63, 3.8) is 0 Å². The number of nitrogen functional groups attached to an aromatic ring is 1. The van der Waals surface area contributed by atoms with E-state index in [0.29, 0.717) is 36.4 Å². The first-order valence-corrected chi connectivity index (χ1v) is 6.28. The Morgan fingerprint density at radius 3 is 2.89 bits per heavy atom. The van der Waals surface area contributed by atoms with E-state index in [9.17, 15) is 9.59 Å². The summed E-state index contributed by atoms with van der Waals surface area (Å²) in [6.07, 6.45) is 0.673. The Morgan fingerprint density at radius 2 is 2.26 bits per heavy atom. The average molecular weight is 262 g/mol. The van der Waals surface area contributed by atoms with Gasteiger partial charge in [0, 0.05) is 18.7 Å². The third kappa shape index (κ3) is 2.47. The van der Waals surface area contributed by atoms with Crippen molar-refractivity contribution in [2.24, 2.45) is 5.73 Å². The summed E-state index contributed by atoms with van der Waals surface area (Å²) in [5.41, 5.74) is 12.9. The average Bonchev–Trinajstić information content (AvgIpc) is 2.38. The molecule has 2 amide bonds. The van der Waals surface area contributed by atoms with Crippen LogP contribution in [0.3, 0.4) is 0 Å². The van der Waals surface area contributed by atoms with Crippen LogP contribution in [-0.4, -0.2) is 30.9 Å². The van der Waals surface area contributed by atoms with Gasteiger partial charge >= 0.3 is 0 Å². The minimum absolute atomic E-state index is 0.0161. The summed E-state index contributed by atoms with van der Waals surface area (Å²) in [5, 5.41) is 2.83. The number of amides is 2. The second kappa shape index (κ2) is 5.17. The predicted molar refractivity (Wildman–Crippen MR) is 73.8 cm³/mol. The Labute approximate surface area is 111 Å². The Kier molecular flexibility index (Phi) is 3.59. The third-order valence-corrected chi connectivity index (χ3v) is 3.34. The number of carbonyl (C=O) groups is 2. The Morgan fingerprint density at radius 1 is 1.53 bits per heavy atom. The van der Waals surface area contributed by atoms with Crippen LogP contribution < -0.4 is 21.7 Å². The quantitative estimate of drug-likeness (QED) is 0.671. The minimum Gasteiger partial charge on any atom is -0.397 e. The molecule has 6 heteroatoms. The molecule has 1 fully saturated rings. The van der Waals surface area contributed by atoms with Gasteiger partial charge in [-0.1, -0.05) is 6.92 Å². The first-order chi connectivity index (χ1) is 9.04. The molecule has 1 aromatic rings. The topological polar surface area (TPSA) is 101 Å². The van der Waals surface area contributed by atoms with Crippen molar-refractivity contribution in [3.05, 3.63) is 23.8 Å². The van der Waals surface area contributed by atoms with Crippen LogP contribution >= 0.6 is 0 Å². The summed E-state index contributed by atoms with van der Waals surface area (Å²) in [5.74, 6) is -0.520. The van der Waals surface area contributed by atoms with Crippen LogP contribution in [0.25, 0.3) is 0 Å². The van der Waals surface area contributed by atoms with Crippen molar-refractivity contribution in [2.45, 2.75) is 19.4 Å². The Hall–Kier alpha value is -2.24. The monoisotopic (exact) mass is 262 g/mol. The summed E-state index contributed by atoms with van der Waals surface area (Å²) in [7, 11) is 0. The number of rotatable bonds is 3. The summed E-state index contributed by atoms with van der Waals surface area (Å²) in [4.78, 5) is 25.0. The molecule has 1 saturated heterocycles. The van der Waals surface area contributed by atoms with E-state index in [1.54, 1.807) is 18.2 Å². The van der Waals surface area contributed by atoms with Gasteiger partial charge in [-0.05, 0) is 24.6 Å². The van der Waals surface area contributed by atoms with Crippen molar-refractivity contribution in [1.29, 1.82) is 0 Å². The maximum Gasteiger partial charge on any atom is 0.248 e. The number of primary amides is 1. The summed E-state index contributed by atoms with van der Waals surface area (Å²) in [6.45, 7) is 3.17. The van der Waals surface area contributed by atoms with E-state index in [0.717, 1.165) is 0 Å². The summed E-state index contributed by atoms with van der Waals surface area (Å²) in [6, 6.07) is 4.62. The van der Waals surface area contributed by atoms with Crippen molar-refractivity contribution in [1.82, 2.24) is 5.32 Å². The minimum atomic E-state index is -0.504. The van der Waals surface area contributed by atoms with Crippen LogP contribution in [0.5, 0.6) is 0 Å². The molecular formula is C13H18N4O2. The van der Waals surface area contributed by atoms with E-state index in [4.69, 9.17) is 11.5 Å². The van der Waals surface area contributed by atoms with Gasteiger partial charge in [0.1, 0.15) is 6.04 Å². The molecule has 0 aromatic heterocycles. The molecule has 5 N–H and O–H groups in total. The second-order valence-electron chi connectivity index (χ2n) is 4.55. The number of nitrogens with two attached hydrogens (primary N) is 2. The molecule has 1 atom stereocenters. The van der Waals surface area contributed by atoms with Gasteiger partial charge in [-0.2, -0.15) is 0 Å². The van der Waals surface area contributed by atoms with Crippen LogP contribution in [0.2, 0.25) is 0 Å². The molecule has 0 bridgehead atoms. The highest BCUT2D eigenvalue weighted by molar-refractivity contribution is 5.96. The van der Waals surface area contributed by atoms with Crippen LogP contribution in [0.15, 0.2) is 18.2 Å². The zero-order valence-electron chi connectivity index (χ0n) is 10.8. The van der Waals surface area contributed by atoms with Crippen LogP contribution in [0.4, 0.5) is 11.4 Å². The highest BCUT2D eigenvalue weighted by atomic mass is 16.2. The molecular weight excluding hydrogens is 244 g/mol. The fourth-order valence-corrected chi connectivity index (χ4v) is 2.35. The SMILES string of the molecule is CCC1C(=O)NCCN1c1cc(C(N)=O)ccc1N. The van der Waals surface area contributed by atoms with Crippen molar-refractivity contribution in [2.75, 3.05) is 23.7 Å². The lowest BCUT2D eigenvalue weighted by molar-refractivity contribution is -0.123. The highest BCUT2D eigenvalue weighted by Gasteiger charge is 2.29. The van der Waals surface area contributed by atoms with Gasteiger partial charge in [0.2, 0.25) is 11.8 Å². The highest BCUT2D eigenvalue weighted by Crippen LogP contribution is 2.28. The third-order valence-electron chi connectivity index (χ3n) is 3.34. The molecule has 102 valence electrons. The van der Waals surface area contributed by atoms with E-state index >= 15 is 0 Å². The molecule has 1 heterocycles. The lowest BCUT2D eigenvalue weighted by atomic mass is 10.1. The lowest BCUT2D eigenvalue weighted by Gasteiger charge is -2.37. The van der Waals surface area contributed by atoms with E-state index in [1.165, 1.54) is 0 Å². The predicted octanol–water partition coefficient (Wildman–Crippen LogP) is 0.0825. The fraction of sp³-hybridized carbons (Fsp3) is 0.385. The Balaban J connectivity index is 2.41. The van der Waals surface area contributed by atoms with Gasteiger partial charge in [0.15, 0.2) is 0 Å². The maximum absolute atomic E-state index is 11.9. The Bertz CT molecular complexity index is 515. The first kappa shape index (κ1) is 13.2. The largest absolute Gasteiger partial charge is 0.397 e. The van der Waals surface area contributed by atoms with E-state index in [2.05, 4.69) is 5.32 Å². The molecule has 1 aliphatic heterocycles.